The Morgan fingerprint density at radius 2 is 2.15 bits per heavy atom. The molecule has 0 spiro atoms. The summed E-state index contributed by atoms with van der Waals surface area (Å²) in [5, 5.41) is 0. The van der Waals surface area contributed by atoms with E-state index in [0.29, 0.717) is 0 Å². The molecule has 0 heterocycles. The maximum Gasteiger partial charge on any atom is 0.152 e. The van der Waals surface area contributed by atoms with Gasteiger partial charge < -0.3 is 0 Å². The predicted molar refractivity (Wildman–Crippen MR) is 54.1 cm³/mol. The zero-order chi connectivity index (χ0) is 9.68. The van der Waals surface area contributed by atoms with Crippen molar-refractivity contribution in [2.45, 2.75) is 6.92 Å². The molecule has 0 aromatic heterocycles. The van der Waals surface area contributed by atoms with E-state index in [2.05, 4.69) is 5.92 Å². The molecule has 1 aromatic carbocycles. The number of benzene rings is 1. The van der Waals surface area contributed by atoms with Gasteiger partial charge in [0.15, 0.2) is 5.78 Å². The summed E-state index contributed by atoms with van der Waals surface area (Å²) in [6, 6.07) is 7.50. The van der Waals surface area contributed by atoms with Crippen molar-refractivity contribution in [1.82, 2.24) is 0 Å². The average Bonchev–Trinajstić information content (AvgIpc) is 2.15. The first-order chi connectivity index (χ1) is 6.24. The van der Waals surface area contributed by atoms with Crippen molar-refractivity contribution < 1.29 is 4.79 Å². The average molecular weight is 170 g/mol. The Balaban J connectivity index is 3.02. The van der Waals surface area contributed by atoms with Gasteiger partial charge in [-0.1, -0.05) is 30.2 Å². The quantitative estimate of drug-likeness (QED) is 0.491. The van der Waals surface area contributed by atoms with Gasteiger partial charge in [-0.05, 0) is 24.6 Å². The molecular formula is C12H10O. The van der Waals surface area contributed by atoms with Gasteiger partial charge in [0, 0.05) is 5.56 Å². The molecular weight excluding hydrogens is 160 g/mol. The summed E-state index contributed by atoms with van der Waals surface area (Å²) in [6.45, 7) is 1.51. The third kappa shape index (κ3) is 2.61. The minimum Gasteiger partial charge on any atom is -0.295 e. The molecule has 0 saturated carbocycles. The lowest BCUT2D eigenvalue weighted by Gasteiger charge is -1.96. The molecule has 1 nitrogen and oxygen atoms in total. The fraction of sp³-hybridized carbons (Fsp3) is 0.0833. The Morgan fingerprint density at radius 3 is 2.77 bits per heavy atom. The molecule has 1 aromatic rings. The Kier molecular flexibility index (Phi) is 3.05. The number of rotatable bonds is 2. The molecule has 64 valence electrons. The standard InChI is InChI=1S/C12H10O/c1-3-11-6-4-5-7-12(11)9-8-10(2)13/h1,4-9H,2H3/b9-8+. The van der Waals surface area contributed by atoms with Gasteiger partial charge in [0.1, 0.15) is 0 Å². The van der Waals surface area contributed by atoms with E-state index in [0.717, 1.165) is 11.1 Å². The monoisotopic (exact) mass is 170 g/mol. The zero-order valence-corrected chi connectivity index (χ0v) is 7.45. The number of hydrogen-bond acceptors (Lipinski definition) is 1. The lowest BCUT2D eigenvalue weighted by molar-refractivity contribution is -0.112. The predicted octanol–water partition coefficient (Wildman–Crippen LogP) is 2.27. The highest BCUT2D eigenvalue weighted by atomic mass is 16.1. The fourth-order valence-corrected chi connectivity index (χ4v) is 0.981. The van der Waals surface area contributed by atoms with Crippen LogP contribution in [-0.4, -0.2) is 5.78 Å². The molecule has 0 saturated heterocycles. The van der Waals surface area contributed by atoms with E-state index < -0.39 is 0 Å². The van der Waals surface area contributed by atoms with E-state index in [9.17, 15) is 4.79 Å². The van der Waals surface area contributed by atoms with E-state index in [1.807, 2.05) is 24.3 Å². The third-order valence-corrected chi connectivity index (χ3v) is 1.61. The molecule has 0 unspecified atom stereocenters. The van der Waals surface area contributed by atoms with Crippen molar-refractivity contribution in [3.05, 3.63) is 41.5 Å². The summed E-state index contributed by atoms with van der Waals surface area (Å²) in [4.78, 5) is 10.7. The summed E-state index contributed by atoms with van der Waals surface area (Å²) < 4.78 is 0. The number of ketones is 1. The van der Waals surface area contributed by atoms with Gasteiger partial charge in [0.05, 0.1) is 0 Å². The molecule has 0 atom stereocenters. The summed E-state index contributed by atoms with van der Waals surface area (Å²) in [7, 11) is 0. The molecule has 0 aliphatic heterocycles. The molecule has 0 amide bonds. The van der Waals surface area contributed by atoms with Crippen LogP contribution >= 0.6 is 0 Å². The van der Waals surface area contributed by atoms with Gasteiger partial charge >= 0.3 is 0 Å². The Morgan fingerprint density at radius 1 is 1.46 bits per heavy atom. The van der Waals surface area contributed by atoms with Crippen LogP contribution in [0.3, 0.4) is 0 Å². The number of hydrogen-bond donors (Lipinski definition) is 0. The van der Waals surface area contributed by atoms with E-state index in [1.165, 1.54) is 13.0 Å². The van der Waals surface area contributed by atoms with Crippen LogP contribution < -0.4 is 0 Å². The zero-order valence-electron chi connectivity index (χ0n) is 7.45. The van der Waals surface area contributed by atoms with Crippen LogP contribution in [0.15, 0.2) is 30.3 Å². The summed E-state index contributed by atoms with van der Waals surface area (Å²) in [5.41, 5.74) is 1.71. The van der Waals surface area contributed by atoms with Crippen molar-refractivity contribution in [2.75, 3.05) is 0 Å². The highest BCUT2D eigenvalue weighted by molar-refractivity contribution is 5.91. The van der Waals surface area contributed by atoms with Crippen LogP contribution in [0.25, 0.3) is 6.08 Å². The maximum atomic E-state index is 10.7. The first-order valence-electron chi connectivity index (χ1n) is 3.98. The van der Waals surface area contributed by atoms with Crippen LogP contribution in [0.2, 0.25) is 0 Å². The van der Waals surface area contributed by atoms with E-state index in [1.54, 1.807) is 6.08 Å². The minimum absolute atomic E-state index is 0.0202. The normalized spacial score (nSPS) is 9.85. The molecule has 0 radical (unpaired) electrons. The van der Waals surface area contributed by atoms with Gasteiger partial charge in [0.25, 0.3) is 0 Å². The van der Waals surface area contributed by atoms with Gasteiger partial charge in [-0.25, -0.2) is 0 Å². The van der Waals surface area contributed by atoms with Gasteiger partial charge in [-0.2, -0.15) is 0 Å². The second-order valence-electron chi connectivity index (χ2n) is 2.68. The Bertz CT molecular complexity index is 380. The summed E-state index contributed by atoms with van der Waals surface area (Å²) in [6.07, 6.45) is 8.53. The van der Waals surface area contributed by atoms with Crippen molar-refractivity contribution in [3.8, 4) is 12.3 Å². The topological polar surface area (TPSA) is 17.1 Å². The number of carbonyl (C=O) groups is 1. The van der Waals surface area contributed by atoms with Crippen LogP contribution in [0.4, 0.5) is 0 Å². The van der Waals surface area contributed by atoms with Crippen LogP contribution in [0.1, 0.15) is 18.1 Å². The Labute approximate surface area is 78.1 Å². The fourth-order valence-electron chi connectivity index (χ4n) is 0.981. The lowest BCUT2D eigenvalue weighted by atomic mass is 10.1. The smallest absolute Gasteiger partial charge is 0.152 e. The van der Waals surface area contributed by atoms with Gasteiger partial charge in [0.2, 0.25) is 0 Å². The Hall–Kier alpha value is -1.81. The molecule has 13 heavy (non-hydrogen) atoms. The molecule has 0 N–H and O–H groups in total. The van der Waals surface area contributed by atoms with Gasteiger partial charge in [-0.15, -0.1) is 6.42 Å². The summed E-state index contributed by atoms with van der Waals surface area (Å²) >= 11 is 0. The molecule has 1 heteroatoms. The highest BCUT2D eigenvalue weighted by Crippen LogP contribution is 2.08. The third-order valence-electron chi connectivity index (χ3n) is 1.61. The van der Waals surface area contributed by atoms with Crippen LogP contribution in [0.5, 0.6) is 0 Å². The van der Waals surface area contributed by atoms with E-state index in [-0.39, 0.29) is 5.78 Å². The molecule has 0 aliphatic rings. The SMILES string of the molecule is C#Cc1ccccc1/C=C/C(C)=O. The number of terminal acetylenes is 1. The summed E-state index contributed by atoms with van der Waals surface area (Å²) in [5.74, 6) is 2.58. The highest BCUT2D eigenvalue weighted by Gasteiger charge is 1.93. The van der Waals surface area contributed by atoms with E-state index in [4.69, 9.17) is 6.42 Å². The first kappa shape index (κ1) is 9.28. The largest absolute Gasteiger partial charge is 0.295 e. The number of carbonyl (C=O) groups excluding carboxylic acids is 1. The molecule has 0 aliphatic carbocycles. The second kappa shape index (κ2) is 4.27. The molecule has 1 rings (SSSR count). The lowest BCUT2D eigenvalue weighted by Crippen LogP contribution is -1.83. The first-order valence-corrected chi connectivity index (χ1v) is 3.98. The van der Waals surface area contributed by atoms with Crippen molar-refractivity contribution >= 4 is 11.9 Å². The van der Waals surface area contributed by atoms with E-state index >= 15 is 0 Å². The minimum atomic E-state index is 0.0202. The van der Waals surface area contributed by atoms with Crippen molar-refractivity contribution in [3.63, 3.8) is 0 Å². The molecule has 0 fully saturated rings. The molecule has 0 bridgehead atoms. The van der Waals surface area contributed by atoms with Crippen LogP contribution in [-0.2, 0) is 4.79 Å². The van der Waals surface area contributed by atoms with Crippen LogP contribution in [0, 0.1) is 12.3 Å². The maximum absolute atomic E-state index is 10.7. The number of allylic oxidation sites excluding steroid dienone is 1. The van der Waals surface area contributed by atoms with Crippen molar-refractivity contribution in [1.29, 1.82) is 0 Å². The van der Waals surface area contributed by atoms with Crippen molar-refractivity contribution in [2.24, 2.45) is 0 Å². The second-order valence-corrected chi connectivity index (χ2v) is 2.68. The van der Waals surface area contributed by atoms with Gasteiger partial charge in [-0.3, -0.25) is 4.79 Å².